The van der Waals surface area contributed by atoms with Crippen molar-refractivity contribution in [2.75, 3.05) is 5.75 Å². The quantitative estimate of drug-likeness (QED) is 0.765. The molecular formula is C7H10N2O4S. The van der Waals surface area contributed by atoms with Crippen molar-refractivity contribution < 1.29 is 18.3 Å². The van der Waals surface area contributed by atoms with Crippen molar-refractivity contribution in [1.29, 1.82) is 0 Å². The molecule has 78 valence electrons. The monoisotopic (exact) mass is 218 g/mol. The first-order chi connectivity index (χ1) is 6.38. The van der Waals surface area contributed by atoms with Crippen molar-refractivity contribution in [3.05, 3.63) is 11.8 Å². The van der Waals surface area contributed by atoms with E-state index >= 15 is 0 Å². The minimum atomic E-state index is -3.40. The molecule has 0 radical (unpaired) electrons. The van der Waals surface area contributed by atoms with Gasteiger partial charge in [0.05, 0.1) is 5.75 Å². The van der Waals surface area contributed by atoms with Gasteiger partial charge in [-0.1, -0.05) is 6.92 Å². The van der Waals surface area contributed by atoms with Gasteiger partial charge in [-0.05, 0) is 0 Å². The molecule has 0 aliphatic heterocycles. The van der Waals surface area contributed by atoms with E-state index in [4.69, 9.17) is 5.11 Å². The lowest BCUT2D eigenvalue weighted by Crippen LogP contribution is -2.09. The van der Waals surface area contributed by atoms with Crippen LogP contribution in [0.1, 0.15) is 17.4 Å². The second-order valence-corrected chi connectivity index (χ2v) is 4.93. The second-order valence-electron chi connectivity index (χ2n) is 2.70. The zero-order valence-electron chi connectivity index (χ0n) is 7.76. The van der Waals surface area contributed by atoms with Gasteiger partial charge < -0.3 is 5.11 Å². The largest absolute Gasteiger partial charge is 0.476 e. The van der Waals surface area contributed by atoms with Crippen LogP contribution in [0.5, 0.6) is 0 Å². The van der Waals surface area contributed by atoms with Crippen molar-refractivity contribution >= 4 is 15.8 Å². The van der Waals surface area contributed by atoms with Crippen molar-refractivity contribution in [2.24, 2.45) is 7.05 Å². The van der Waals surface area contributed by atoms with Crippen LogP contribution in [-0.4, -0.2) is 35.0 Å². The molecule has 6 nitrogen and oxygen atoms in total. The molecule has 0 atom stereocenters. The number of aryl methyl sites for hydroxylation is 1. The molecule has 1 aromatic heterocycles. The van der Waals surface area contributed by atoms with Crippen LogP contribution in [0.4, 0.5) is 0 Å². The predicted octanol–water partition coefficient (Wildman–Crippen LogP) is -0.0881. The van der Waals surface area contributed by atoms with E-state index in [0.717, 1.165) is 10.7 Å². The summed E-state index contributed by atoms with van der Waals surface area (Å²) >= 11 is 0. The zero-order chi connectivity index (χ0) is 10.9. The first-order valence-electron chi connectivity index (χ1n) is 3.88. The van der Waals surface area contributed by atoms with Crippen molar-refractivity contribution in [3.63, 3.8) is 0 Å². The van der Waals surface area contributed by atoms with Gasteiger partial charge in [-0.2, -0.15) is 5.10 Å². The SMILES string of the molecule is CCS(=O)(=O)c1cc(C(=O)O)nn1C. The molecule has 0 saturated heterocycles. The van der Waals surface area contributed by atoms with Crippen LogP contribution in [0.2, 0.25) is 0 Å². The Labute approximate surface area is 81.1 Å². The molecule has 0 aliphatic rings. The van der Waals surface area contributed by atoms with Crippen molar-refractivity contribution in [3.8, 4) is 0 Å². The normalized spacial score (nSPS) is 11.6. The molecule has 1 aromatic rings. The van der Waals surface area contributed by atoms with Crippen LogP contribution in [0.15, 0.2) is 11.1 Å². The smallest absolute Gasteiger partial charge is 0.356 e. The van der Waals surface area contributed by atoms with Gasteiger partial charge in [-0.15, -0.1) is 0 Å². The molecule has 7 heteroatoms. The van der Waals surface area contributed by atoms with E-state index in [9.17, 15) is 13.2 Å². The summed E-state index contributed by atoms with van der Waals surface area (Å²) in [5.74, 6) is -1.32. The highest BCUT2D eigenvalue weighted by Crippen LogP contribution is 2.11. The van der Waals surface area contributed by atoms with E-state index in [1.165, 1.54) is 14.0 Å². The Hall–Kier alpha value is -1.37. The molecule has 1 rings (SSSR count). The molecular weight excluding hydrogens is 208 g/mol. The summed E-state index contributed by atoms with van der Waals surface area (Å²) in [5, 5.41) is 12.1. The lowest BCUT2D eigenvalue weighted by atomic mass is 10.4. The van der Waals surface area contributed by atoms with Gasteiger partial charge in [0, 0.05) is 13.1 Å². The summed E-state index contributed by atoms with van der Waals surface area (Å²) in [6.45, 7) is 1.49. The van der Waals surface area contributed by atoms with Gasteiger partial charge >= 0.3 is 5.97 Å². The number of carboxylic acids is 1. The summed E-state index contributed by atoms with van der Waals surface area (Å²) in [4.78, 5) is 10.5. The maximum Gasteiger partial charge on any atom is 0.356 e. The highest BCUT2D eigenvalue weighted by atomic mass is 32.2. The molecule has 14 heavy (non-hydrogen) atoms. The number of rotatable bonds is 3. The van der Waals surface area contributed by atoms with E-state index in [1.54, 1.807) is 0 Å². The zero-order valence-corrected chi connectivity index (χ0v) is 8.58. The van der Waals surface area contributed by atoms with Gasteiger partial charge in [0.25, 0.3) is 0 Å². The van der Waals surface area contributed by atoms with Crippen LogP contribution in [0, 0.1) is 0 Å². The third-order valence-electron chi connectivity index (χ3n) is 1.75. The average Bonchev–Trinajstić information content (AvgIpc) is 2.48. The van der Waals surface area contributed by atoms with Crippen LogP contribution >= 0.6 is 0 Å². The molecule has 0 saturated carbocycles. The van der Waals surface area contributed by atoms with E-state index < -0.39 is 15.8 Å². The lowest BCUT2D eigenvalue weighted by Gasteiger charge is -1.99. The summed E-state index contributed by atoms with van der Waals surface area (Å²) in [6, 6.07) is 1.06. The Morgan fingerprint density at radius 3 is 2.57 bits per heavy atom. The molecule has 1 N–H and O–H groups in total. The minimum Gasteiger partial charge on any atom is -0.476 e. The minimum absolute atomic E-state index is 0.0719. The van der Waals surface area contributed by atoms with Crippen molar-refractivity contribution in [2.45, 2.75) is 11.9 Å². The molecule has 0 amide bonds. The maximum absolute atomic E-state index is 11.4. The molecule has 0 aliphatic carbocycles. The average molecular weight is 218 g/mol. The van der Waals surface area contributed by atoms with E-state index in [1.807, 2.05) is 0 Å². The molecule has 0 fully saturated rings. The number of hydrogen-bond acceptors (Lipinski definition) is 4. The van der Waals surface area contributed by atoms with E-state index in [0.29, 0.717) is 0 Å². The van der Waals surface area contributed by atoms with Crippen molar-refractivity contribution in [1.82, 2.24) is 9.78 Å². The number of hydrogen-bond donors (Lipinski definition) is 1. The Morgan fingerprint density at radius 1 is 1.64 bits per heavy atom. The van der Waals surface area contributed by atoms with Gasteiger partial charge in [0.1, 0.15) is 0 Å². The number of sulfone groups is 1. The lowest BCUT2D eigenvalue weighted by molar-refractivity contribution is 0.0689. The van der Waals surface area contributed by atoms with E-state index in [2.05, 4.69) is 5.10 Å². The first kappa shape index (κ1) is 10.7. The number of carbonyl (C=O) groups is 1. The third-order valence-corrected chi connectivity index (χ3v) is 3.53. The Morgan fingerprint density at radius 2 is 2.21 bits per heavy atom. The Kier molecular flexibility index (Phi) is 2.61. The standard InChI is InChI=1S/C7H10N2O4S/c1-3-14(12,13)6-4-5(7(10)11)8-9(6)2/h4H,3H2,1-2H3,(H,10,11). The third kappa shape index (κ3) is 1.77. The fourth-order valence-electron chi connectivity index (χ4n) is 0.994. The number of aromatic carboxylic acids is 1. The Bertz CT molecular complexity index is 460. The van der Waals surface area contributed by atoms with Crippen LogP contribution in [-0.2, 0) is 16.9 Å². The van der Waals surface area contributed by atoms with Crippen LogP contribution in [0.25, 0.3) is 0 Å². The van der Waals surface area contributed by atoms with Crippen LogP contribution in [0.3, 0.4) is 0 Å². The van der Waals surface area contributed by atoms with Gasteiger partial charge in [0.15, 0.2) is 20.6 Å². The highest BCUT2D eigenvalue weighted by molar-refractivity contribution is 7.91. The van der Waals surface area contributed by atoms with E-state index in [-0.39, 0.29) is 16.5 Å². The topological polar surface area (TPSA) is 89.3 Å². The molecule has 0 aromatic carbocycles. The highest BCUT2D eigenvalue weighted by Gasteiger charge is 2.20. The number of aromatic nitrogens is 2. The molecule has 0 bridgehead atoms. The first-order valence-corrected chi connectivity index (χ1v) is 5.54. The Balaban J connectivity index is 3.31. The fourth-order valence-corrected chi connectivity index (χ4v) is 2.02. The fraction of sp³-hybridized carbons (Fsp3) is 0.429. The van der Waals surface area contributed by atoms with Gasteiger partial charge in [0.2, 0.25) is 0 Å². The van der Waals surface area contributed by atoms with Crippen LogP contribution < -0.4 is 0 Å². The molecule has 1 heterocycles. The predicted molar refractivity (Wildman–Crippen MR) is 47.9 cm³/mol. The maximum atomic E-state index is 11.4. The summed E-state index contributed by atoms with van der Waals surface area (Å²) in [5.41, 5.74) is -0.264. The summed E-state index contributed by atoms with van der Waals surface area (Å²) in [6.07, 6.45) is 0. The number of nitrogens with zero attached hydrogens (tertiary/aromatic N) is 2. The summed E-state index contributed by atoms with van der Waals surface area (Å²) in [7, 11) is -2.01. The van der Waals surface area contributed by atoms with Gasteiger partial charge in [-0.25, -0.2) is 13.2 Å². The number of carboxylic acid groups (broad SMARTS) is 1. The van der Waals surface area contributed by atoms with Gasteiger partial charge in [-0.3, -0.25) is 4.68 Å². The molecule has 0 unspecified atom stereocenters. The summed E-state index contributed by atoms with van der Waals surface area (Å²) < 4.78 is 23.9. The molecule has 0 spiro atoms. The second kappa shape index (κ2) is 3.41.